The van der Waals surface area contributed by atoms with Crippen LogP contribution in [0.15, 0.2) is 163 Å². The van der Waals surface area contributed by atoms with Crippen LogP contribution in [0.2, 0.25) is 0 Å². The predicted octanol–water partition coefficient (Wildman–Crippen LogP) is 12.2. The summed E-state index contributed by atoms with van der Waals surface area (Å²) in [5, 5.41) is 7.82. The fourth-order valence-electron chi connectivity index (χ4n) is 8.36. The molecule has 1 aliphatic heterocycles. The SMILES string of the molecule is CC1(C)C2=C(CCC=C2)N(c2ccc3ccc4c(N(c5ccccc5)c5ccccc5)ccc5ccc2c3c54)C1c1ccccc1. The van der Waals surface area contributed by atoms with Crippen molar-refractivity contribution in [3.8, 4) is 0 Å². The van der Waals surface area contributed by atoms with Crippen LogP contribution in [0, 0.1) is 5.41 Å². The second-order valence-corrected chi connectivity index (χ2v) is 13.3. The Kier molecular flexibility index (Phi) is 6.08. The molecule has 0 spiro atoms. The Bertz CT molecular complexity index is 2240. The smallest absolute Gasteiger partial charge is 0.0680 e. The molecule has 1 heterocycles. The van der Waals surface area contributed by atoms with Crippen molar-refractivity contribution in [2.45, 2.75) is 32.7 Å². The first-order valence-corrected chi connectivity index (χ1v) is 16.5. The third-order valence-electron chi connectivity index (χ3n) is 10.3. The van der Waals surface area contributed by atoms with E-state index in [0.717, 1.165) is 24.2 Å². The Labute approximate surface area is 270 Å². The van der Waals surface area contributed by atoms with Gasteiger partial charge in [-0.25, -0.2) is 0 Å². The molecule has 1 aliphatic carbocycles. The van der Waals surface area contributed by atoms with E-state index in [2.05, 4.69) is 175 Å². The molecule has 7 aromatic carbocycles. The quantitative estimate of drug-likeness (QED) is 0.183. The summed E-state index contributed by atoms with van der Waals surface area (Å²) in [6, 6.07) is 51.5. The molecule has 46 heavy (non-hydrogen) atoms. The first-order valence-electron chi connectivity index (χ1n) is 16.5. The van der Waals surface area contributed by atoms with Crippen molar-refractivity contribution in [1.82, 2.24) is 0 Å². The van der Waals surface area contributed by atoms with E-state index < -0.39 is 0 Å². The van der Waals surface area contributed by atoms with Crippen LogP contribution in [0.1, 0.15) is 38.3 Å². The van der Waals surface area contributed by atoms with Crippen LogP contribution in [0.4, 0.5) is 22.7 Å². The fourth-order valence-corrected chi connectivity index (χ4v) is 8.36. The molecule has 0 fully saturated rings. The molecule has 0 aromatic heterocycles. The van der Waals surface area contributed by atoms with Crippen LogP contribution in [0.25, 0.3) is 32.3 Å². The van der Waals surface area contributed by atoms with Gasteiger partial charge in [-0.1, -0.05) is 129 Å². The van der Waals surface area contributed by atoms with Crippen molar-refractivity contribution < 1.29 is 0 Å². The monoisotopic (exact) mass is 592 g/mol. The van der Waals surface area contributed by atoms with E-state index in [-0.39, 0.29) is 11.5 Å². The van der Waals surface area contributed by atoms with E-state index >= 15 is 0 Å². The van der Waals surface area contributed by atoms with Gasteiger partial charge >= 0.3 is 0 Å². The Morgan fingerprint density at radius 3 is 1.85 bits per heavy atom. The highest BCUT2D eigenvalue weighted by Gasteiger charge is 2.47. The van der Waals surface area contributed by atoms with Crippen LogP contribution in [-0.2, 0) is 0 Å². The van der Waals surface area contributed by atoms with E-state index in [1.165, 1.54) is 60.5 Å². The van der Waals surface area contributed by atoms with Crippen molar-refractivity contribution in [2.75, 3.05) is 9.80 Å². The Balaban J connectivity index is 1.31. The summed E-state index contributed by atoms with van der Waals surface area (Å²) >= 11 is 0. The molecule has 0 saturated heterocycles. The van der Waals surface area contributed by atoms with E-state index in [9.17, 15) is 0 Å². The molecule has 9 rings (SSSR count). The van der Waals surface area contributed by atoms with Gasteiger partial charge in [0, 0.05) is 38.9 Å². The second-order valence-electron chi connectivity index (χ2n) is 13.3. The molecule has 2 aliphatic rings. The van der Waals surface area contributed by atoms with Crippen LogP contribution in [-0.4, -0.2) is 0 Å². The van der Waals surface area contributed by atoms with Crippen LogP contribution < -0.4 is 9.80 Å². The molecule has 0 bridgehead atoms. The normalized spacial score (nSPS) is 17.3. The molecule has 0 saturated carbocycles. The van der Waals surface area contributed by atoms with Crippen molar-refractivity contribution >= 4 is 55.1 Å². The third-order valence-corrected chi connectivity index (χ3v) is 10.3. The van der Waals surface area contributed by atoms with E-state index in [4.69, 9.17) is 0 Å². The minimum atomic E-state index is -0.0311. The van der Waals surface area contributed by atoms with Crippen LogP contribution >= 0.6 is 0 Å². The van der Waals surface area contributed by atoms with Gasteiger partial charge in [0.05, 0.1) is 11.7 Å². The lowest BCUT2D eigenvalue weighted by molar-refractivity contribution is 0.385. The minimum absolute atomic E-state index is 0.0311. The summed E-state index contributed by atoms with van der Waals surface area (Å²) in [5.74, 6) is 0. The second kappa shape index (κ2) is 10.4. The molecular formula is C44H36N2. The third kappa shape index (κ3) is 3.96. The molecule has 0 amide bonds. The first-order chi connectivity index (χ1) is 22.6. The average Bonchev–Trinajstić information content (AvgIpc) is 3.35. The van der Waals surface area contributed by atoms with Crippen LogP contribution in [0.5, 0.6) is 0 Å². The van der Waals surface area contributed by atoms with Crippen LogP contribution in [0.3, 0.4) is 0 Å². The lowest BCUT2D eigenvalue weighted by Gasteiger charge is -2.37. The zero-order chi connectivity index (χ0) is 30.8. The Morgan fingerprint density at radius 1 is 0.609 bits per heavy atom. The van der Waals surface area contributed by atoms with E-state index in [0.29, 0.717) is 0 Å². The summed E-state index contributed by atoms with van der Waals surface area (Å²) in [4.78, 5) is 5.09. The molecular weight excluding hydrogens is 556 g/mol. The number of allylic oxidation sites excluding steroid dienone is 3. The van der Waals surface area contributed by atoms with Crippen molar-refractivity contribution in [2.24, 2.45) is 5.41 Å². The van der Waals surface area contributed by atoms with Crippen molar-refractivity contribution in [3.63, 3.8) is 0 Å². The highest BCUT2D eigenvalue weighted by atomic mass is 15.2. The molecule has 0 radical (unpaired) electrons. The van der Waals surface area contributed by atoms with Gasteiger partial charge in [-0.05, 0) is 81.9 Å². The summed E-state index contributed by atoms with van der Waals surface area (Å²) in [5.41, 5.74) is 9.08. The summed E-state index contributed by atoms with van der Waals surface area (Å²) in [6.07, 6.45) is 6.91. The van der Waals surface area contributed by atoms with Crippen molar-refractivity contribution in [3.05, 3.63) is 169 Å². The van der Waals surface area contributed by atoms with Gasteiger partial charge < -0.3 is 9.80 Å². The maximum atomic E-state index is 2.70. The maximum absolute atomic E-state index is 2.70. The van der Waals surface area contributed by atoms with Gasteiger partial charge in [-0.2, -0.15) is 0 Å². The molecule has 1 unspecified atom stereocenters. The zero-order valence-electron chi connectivity index (χ0n) is 26.3. The predicted molar refractivity (Wildman–Crippen MR) is 196 cm³/mol. The largest absolute Gasteiger partial charge is 0.336 e. The van der Waals surface area contributed by atoms with Gasteiger partial charge in [0.1, 0.15) is 0 Å². The molecule has 2 nitrogen and oxygen atoms in total. The molecule has 1 atom stereocenters. The Hall–Kier alpha value is -5.34. The standard InChI is InChI=1S/C44H36N2/c1-44(2)37-20-12-13-21-40(37)46(43(44)32-14-6-3-7-15-32)39-29-25-31-22-26-35-38(28-24-30-23-27-36(39)42(31)41(30)35)45(33-16-8-4-9-17-33)34-18-10-5-11-19-34/h3-12,14-20,22-29,43H,13,21H2,1-2H3. The van der Waals surface area contributed by atoms with Gasteiger partial charge in [-0.3, -0.25) is 0 Å². The number of para-hydroxylation sites is 2. The number of hydrogen-bond acceptors (Lipinski definition) is 2. The number of nitrogens with zero attached hydrogens (tertiary/aromatic N) is 2. The molecule has 7 aromatic rings. The highest BCUT2D eigenvalue weighted by molar-refractivity contribution is 6.27. The Morgan fingerprint density at radius 2 is 1.17 bits per heavy atom. The average molecular weight is 593 g/mol. The van der Waals surface area contributed by atoms with Gasteiger partial charge in [0.2, 0.25) is 0 Å². The van der Waals surface area contributed by atoms with E-state index in [1.807, 2.05) is 0 Å². The topological polar surface area (TPSA) is 6.48 Å². The molecule has 222 valence electrons. The minimum Gasteiger partial charge on any atom is -0.336 e. The number of rotatable bonds is 5. The summed E-state index contributed by atoms with van der Waals surface area (Å²) in [7, 11) is 0. The van der Waals surface area contributed by atoms with Crippen molar-refractivity contribution in [1.29, 1.82) is 0 Å². The van der Waals surface area contributed by atoms with E-state index in [1.54, 1.807) is 0 Å². The zero-order valence-corrected chi connectivity index (χ0v) is 26.3. The van der Waals surface area contributed by atoms with Gasteiger partial charge in [0.25, 0.3) is 0 Å². The summed E-state index contributed by atoms with van der Waals surface area (Å²) in [6.45, 7) is 4.86. The molecule has 0 N–H and O–H groups in total. The number of hydrogen-bond donors (Lipinski definition) is 0. The maximum Gasteiger partial charge on any atom is 0.0680 e. The summed E-state index contributed by atoms with van der Waals surface area (Å²) < 4.78 is 0. The highest BCUT2D eigenvalue weighted by Crippen LogP contribution is 2.58. The molecule has 2 heteroatoms. The number of benzene rings is 7. The lowest BCUT2D eigenvalue weighted by Crippen LogP contribution is -2.31. The number of anilines is 4. The van der Waals surface area contributed by atoms with Gasteiger partial charge in [0.15, 0.2) is 0 Å². The first kappa shape index (κ1) is 27.0. The fraction of sp³-hybridized carbons (Fsp3) is 0.136. The lowest BCUT2D eigenvalue weighted by atomic mass is 9.75. The van der Waals surface area contributed by atoms with Gasteiger partial charge in [-0.15, -0.1) is 0 Å².